The maximum absolute atomic E-state index is 13.0. The Labute approximate surface area is 191 Å². The van der Waals surface area contributed by atoms with E-state index in [0.717, 1.165) is 18.4 Å². The van der Waals surface area contributed by atoms with Crippen LogP contribution in [-0.4, -0.2) is 64.0 Å². The third-order valence-electron chi connectivity index (χ3n) is 5.46. The van der Waals surface area contributed by atoms with Crippen molar-refractivity contribution in [1.82, 2.24) is 15.5 Å². The summed E-state index contributed by atoms with van der Waals surface area (Å²) in [7, 11) is 0. The molecule has 0 saturated carbocycles. The zero-order chi connectivity index (χ0) is 23.0. The number of benzene rings is 1. The lowest BCUT2D eigenvalue weighted by atomic mass is 9.96. The van der Waals surface area contributed by atoms with Gasteiger partial charge in [0.2, 0.25) is 11.8 Å². The van der Waals surface area contributed by atoms with Crippen molar-refractivity contribution in [1.29, 1.82) is 0 Å². The van der Waals surface area contributed by atoms with Gasteiger partial charge in [-0.15, -0.1) is 0 Å². The normalized spacial score (nSPS) is 20.5. The number of nitrogens with two attached hydrogens (primary N) is 1. The summed E-state index contributed by atoms with van der Waals surface area (Å²) in [6.07, 6.45) is 2.08. The first kappa shape index (κ1) is 25.6. The minimum atomic E-state index is -0.848. The summed E-state index contributed by atoms with van der Waals surface area (Å²) in [5.41, 5.74) is 6.62. The molecule has 0 spiro atoms. The molecule has 1 heterocycles. The van der Waals surface area contributed by atoms with Crippen molar-refractivity contribution >= 4 is 24.4 Å². The number of hydrogen-bond acceptors (Lipinski definition) is 6. The minimum Gasteiger partial charge on any atom is -0.390 e. The van der Waals surface area contributed by atoms with Crippen LogP contribution < -0.4 is 16.4 Å². The predicted molar refractivity (Wildman–Crippen MR) is 127 cm³/mol. The number of thiol groups is 1. The molecule has 2 rings (SSSR count). The monoisotopic (exact) mass is 450 g/mol. The van der Waals surface area contributed by atoms with Gasteiger partial charge in [-0.1, -0.05) is 36.8 Å². The van der Waals surface area contributed by atoms with Gasteiger partial charge in [0.15, 0.2) is 0 Å². The highest BCUT2D eigenvalue weighted by molar-refractivity contribution is 7.80. The Morgan fingerprint density at radius 2 is 1.94 bits per heavy atom. The summed E-state index contributed by atoms with van der Waals surface area (Å²) in [4.78, 5) is 27.5. The van der Waals surface area contributed by atoms with Crippen LogP contribution in [0.1, 0.15) is 52.0 Å². The molecule has 4 unspecified atom stereocenters. The van der Waals surface area contributed by atoms with E-state index in [4.69, 9.17) is 5.73 Å². The second-order valence-corrected chi connectivity index (χ2v) is 9.69. The fourth-order valence-electron chi connectivity index (χ4n) is 3.87. The summed E-state index contributed by atoms with van der Waals surface area (Å²) in [5, 5.41) is 17.1. The van der Waals surface area contributed by atoms with Crippen molar-refractivity contribution in [2.45, 2.75) is 82.8 Å². The molecular formula is C23H38N4O3S. The molecule has 0 bridgehead atoms. The number of likely N-dealkylation sites (tertiary alicyclic amines) is 1. The molecule has 1 fully saturated rings. The molecule has 7 nitrogen and oxygen atoms in total. The molecule has 1 aromatic rings. The van der Waals surface area contributed by atoms with E-state index in [1.807, 2.05) is 56.0 Å². The molecule has 8 heteroatoms. The lowest BCUT2D eigenvalue weighted by Crippen LogP contribution is -2.64. The van der Waals surface area contributed by atoms with Crippen LogP contribution in [-0.2, 0) is 16.0 Å². The Morgan fingerprint density at radius 3 is 2.55 bits per heavy atom. The predicted octanol–water partition coefficient (Wildman–Crippen LogP) is 1.45. The largest absolute Gasteiger partial charge is 0.390 e. The van der Waals surface area contributed by atoms with Gasteiger partial charge < -0.3 is 21.5 Å². The maximum atomic E-state index is 13.0. The van der Waals surface area contributed by atoms with Crippen molar-refractivity contribution in [2.75, 3.05) is 12.3 Å². The second-order valence-electron chi connectivity index (χ2n) is 9.32. The van der Waals surface area contributed by atoms with E-state index in [1.165, 1.54) is 0 Å². The van der Waals surface area contributed by atoms with Crippen LogP contribution in [0, 0.1) is 0 Å². The van der Waals surface area contributed by atoms with Gasteiger partial charge >= 0.3 is 0 Å². The standard InChI is InChI=1S/C23H38N4O3S/c1-23(2,3)26-22(30)18-11-7-8-14-27(18)20(25-21(29)17(24)15-31)19(28)13-12-16-9-5-4-6-10-16/h4-6,9-10,17-20,28,31H,7-8,11-15,24H2,1-3H3,(H,25,29)(H,26,30). The van der Waals surface area contributed by atoms with E-state index in [-0.39, 0.29) is 23.1 Å². The van der Waals surface area contributed by atoms with E-state index in [2.05, 4.69) is 23.3 Å². The van der Waals surface area contributed by atoms with E-state index >= 15 is 0 Å². The van der Waals surface area contributed by atoms with Crippen LogP contribution >= 0.6 is 12.6 Å². The zero-order valence-electron chi connectivity index (χ0n) is 18.9. The van der Waals surface area contributed by atoms with Crippen molar-refractivity contribution in [3.05, 3.63) is 35.9 Å². The summed E-state index contributed by atoms with van der Waals surface area (Å²) >= 11 is 4.12. The number of carbonyl (C=O) groups excluding carboxylic acids is 2. The van der Waals surface area contributed by atoms with Crippen LogP contribution in [0.2, 0.25) is 0 Å². The van der Waals surface area contributed by atoms with Gasteiger partial charge in [-0.2, -0.15) is 12.6 Å². The van der Waals surface area contributed by atoms with Crippen LogP contribution in [0.25, 0.3) is 0 Å². The number of nitrogens with one attached hydrogen (secondary N) is 2. The smallest absolute Gasteiger partial charge is 0.239 e. The number of hydrogen-bond donors (Lipinski definition) is 5. The Hall–Kier alpha value is -1.61. The average molecular weight is 451 g/mol. The Balaban J connectivity index is 2.21. The minimum absolute atomic E-state index is 0.0831. The van der Waals surface area contributed by atoms with Gasteiger partial charge in [0.05, 0.1) is 18.2 Å². The molecule has 174 valence electrons. The Kier molecular flexibility index (Phi) is 9.81. The molecule has 5 N–H and O–H groups in total. The van der Waals surface area contributed by atoms with E-state index in [9.17, 15) is 14.7 Å². The number of aliphatic hydroxyl groups excluding tert-OH is 1. The summed E-state index contributed by atoms with van der Waals surface area (Å²) in [5.74, 6) is -0.258. The Morgan fingerprint density at radius 1 is 1.26 bits per heavy atom. The average Bonchev–Trinajstić information content (AvgIpc) is 2.74. The molecule has 0 aliphatic carbocycles. The van der Waals surface area contributed by atoms with E-state index < -0.39 is 24.4 Å². The van der Waals surface area contributed by atoms with Gasteiger partial charge in [-0.3, -0.25) is 14.5 Å². The Bertz CT molecular complexity index is 711. The van der Waals surface area contributed by atoms with Crippen molar-refractivity contribution < 1.29 is 14.7 Å². The molecule has 0 radical (unpaired) electrons. The van der Waals surface area contributed by atoms with Crippen molar-refractivity contribution in [2.24, 2.45) is 5.73 Å². The highest BCUT2D eigenvalue weighted by atomic mass is 32.1. The first-order valence-electron chi connectivity index (χ1n) is 11.1. The lowest BCUT2D eigenvalue weighted by molar-refractivity contribution is -0.136. The number of carbonyl (C=O) groups is 2. The topological polar surface area (TPSA) is 108 Å². The molecule has 1 aliphatic rings. The molecule has 2 amide bonds. The van der Waals surface area contributed by atoms with Gasteiger partial charge in [0.25, 0.3) is 0 Å². The van der Waals surface area contributed by atoms with Crippen molar-refractivity contribution in [3.63, 3.8) is 0 Å². The van der Waals surface area contributed by atoms with Gasteiger partial charge in [-0.05, 0) is 52.0 Å². The van der Waals surface area contributed by atoms with Crippen LogP contribution in [0.5, 0.6) is 0 Å². The summed E-state index contributed by atoms with van der Waals surface area (Å²) in [6.45, 7) is 6.44. The van der Waals surface area contributed by atoms with Crippen LogP contribution in [0.15, 0.2) is 30.3 Å². The number of aliphatic hydroxyl groups is 1. The van der Waals surface area contributed by atoms with Gasteiger partial charge in [0, 0.05) is 17.8 Å². The van der Waals surface area contributed by atoms with Gasteiger partial charge in [-0.25, -0.2) is 0 Å². The number of rotatable bonds is 9. The molecular weight excluding hydrogens is 412 g/mol. The van der Waals surface area contributed by atoms with Crippen molar-refractivity contribution in [3.8, 4) is 0 Å². The molecule has 0 aromatic heterocycles. The molecule has 1 aliphatic heterocycles. The maximum Gasteiger partial charge on any atom is 0.239 e. The highest BCUT2D eigenvalue weighted by Gasteiger charge is 2.38. The van der Waals surface area contributed by atoms with Crippen LogP contribution in [0.3, 0.4) is 0 Å². The van der Waals surface area contributed by atoms with E-state index in [1.54, 1.807) is 0 Å². The molecule has 31 heavy (non-hydrogen) atoms. The fraction of sp³-hybridized carbons (Fsp3) is 0.652. The summed E-state index contributed by atoms with van der Waals surface area (Å²) < 4.78 is 0. The van der Waals surface area contributed by atoms with Gasteiger partial charge in [0.1, 0.15) is 6.17 Å². The zero-order valence-corrected chi connectivity index (χ0v) is 19.8. The first-order chi connectivity index (χ1) is 14.6. The molecule has 4 atom stereocenters. The number of aryl methyl sites for hydroxylation is 1. The quantitative estimate of drug-likeness (QED) is 0.366. The summed E-state index contributed by atoms with van der Waals surface area (Å²) in [6, 6.07) is 8.70. The highest BCUT2D eigenvalue weighted by Crippen LogP contribution is 2.23. The number of nitrogens with zero attached hydrogens (tertiary/aromatic N) is 1. The fourth-order valence-corrected chi connectivity index (χ4v) is 4.04. The SMILES string of the molecule is CC(C)(C)NC(=O)C1CCCCN1C(NC(=O)C(N)CS)C(O)CCc1ccccc1. The molecule has 1 saturated heterocycles. The number of amides is 2. The second kappa shape index (κ2) is 11.9. The van der Waals surface area contributed by atoms with E-state index in [0.29, 0.717) is 25.8 Å². The third kappa shape index (κ3) is 8.11. The first-order valence-corrected chi connectivity index (χ1v) is 11.7. The van der Waals surface area contributed by atoms with Crippen LogP contribution in [0.4, 0.5) is 0 Å². The third-order valence-corrected chi connectivity index (χ3v) is 5.86. The lowest BCUT2D eigenvalue weighted by Gasteiger charge is -2.43. The number of piperidine rings is 1. The molecule has 1 aromatic carbocycles.